The van der Waals surface area contributed by atoms with Crippen LogP contribution in [-0.2, 0) is 0 Å². The minimum atomic E-state index is -4.26. The number of thioether (sulfide) groups is 1. The fraction of sp³-hybridized carbons (Fsp3) is 0.571. The second-order valence-electron chi connectivity index (χ2n) is 5.01. The summed E-state index contributed by atoms with van der Waals surface area (Å²) in [6.07, 6.45) is 5.51. The van der Waals surface area contributed by atoms with Gasteiger partial charge in [0.25, 0.3) is 0 Å². The van der Waals surface area contributed by atoms with Crippen LogP contribution in [0.15, 0.2) is 29.2 Å². The maximum Gasteiger partial charge on any atom is 0.446 e. The molecule has 0 amide bonds. The fourth-order valence-corrected chi connectivity index (χ4v) is 3.44. The van der Waals surface area contributed by atoms with Crippen LogP contribution in [0.2, 0.25) is 0 Å². The minimum Gasteiger partial charge on any atom is -0.324 e. The predicted octanol–water partition coefficient (Wildman–Crippen LogP) is 4.88. The molecule has 19 heavy (non-hydrogen) atoms. The summed E-state index contributed by atoms with van der Waals surface area (Å²) >= 11 is -0.0603. The lowest BCUT2D eigenvalue weighted by Crippen LogP contribution is -2.24. The molecule has 0 unspecified atom stereocenters. The Hall–Kier alpha value is -0.680. The van der Waals surface area contributed by atoms with Gasteiger partial charge in [-0.25, -0.2) is 0 Å². The van der Waals surface area contributed by atoms with Crippen molar-refractivity contribution < 1.29 is 13.2 Å². The number of rotatable bonds is 3. The van der Waals surface area contributed by atoms with Gasteiger partial charge >= 0.3 is 5.51 Å². The molecule has 0 aliphatic heterocycles. The average molecular weight is 289 g/mol. The van der Waals surface area contributed by atoms with Crippen molar-refractivity contribution in [1.82, 2.24) is 0 Å². The van der Waals surface area contributed by atoms with Crippen LogP contribution >= 0.6 is 11.8 Å². The van der Waals surface area contributed by atoms with Crippen molar-refractivity contribution in [1.29, 1.82) is 0 Å². The highest BCUT2D eigenvalue weighted by atomic mass is 32.2. The molecule has 1 aliphatic carbocycles. The van der Waals surface area contributed by atoms with Gasteiger partial charge in [0.15, 0.2) is 0 Å². The van der Waals surface area contributed by atoms with Crippen LogP contribution in [0, 0.1) is 5.92 Å². The van der Waals surface area contributed by atoms with Crippen LogP contribution in [0.4, 0.5) is 13.2 Å². The molecule has 1 nitrogen and oxygen atoms in total. The fourth-order valence-electron chi connectivity index (χ4n) is 2.72. The summed E-state index contributed by atoms with van der Waals surface area (Å²) in [5.41, 5.74) is 2.58. The molecule has 1 atom stereocenters. The summed E-state index contributed by atoms with van der Waals surface area (Å²) in [6, 6.07) is 6.35. The lowest BCUT2D eigenvalue weighted by atomic mass is 9.81. The van der Waals surface area contributed by atoms with E-state index < -0.39 is 5.51 Å². The van der Waals surface area contributed by atoms with Gasteiger partial charge in [0.05, 0.1) is 0 Å². The van der Waals surface area contributed by atoms with E-state index in [9.17, 15) is 13.2 Å². The number of alkyl halides is 3. The molecule has 1 aromatic carbocycles. The van der Waals surface area contributed by atoms with Crippen LogP contribution in [0.3, 0.4) is 0 Å². The van der Waals surface area contributed by atoms with Gasteiger partial charge in [-0.1, -0.05) is 37.5 Å². The van der Waals surface area contributed by atoms with Crippen molar-refractivity contribution in [2.24, 2.45) is 11.7 Å². The van der Waals surface area contributed by atoms with Gasteiger partial charge in [-0.05, 0) is 42.2 Å². The molecule has 0 aromatic heterocycles. The molecule has 0 saturated heterocycles. The van der Waals surface area contributed by atoms with E-state index in [1.54, 1.807) is 18.2 Å². The van der Waals surface area contributed by atoms with Crippen LogP contribution in [-0.4, -0.2) is 5.51 Å². The van der Waals surface area contributed by atoms with Crippen LogP contribution in [0.1, 0.15) is 43.7 Å². The highest BCUT2D eigenvalue weighted by molar-refractivity contribution is 8.00. The SMILES string of the molecule is N[C@@H](c1ccccc1SC(F)(F)F)C1CCCCC1. The number of nitrogens with two attached hydrogens (primary N) is 1. The number of halogens is 3. The third kappa shape index (κ3) is 4.14. The first-order chi connectivity index (χ1) is 8.97. The van der Waals surface area contributed by atoms with Gasteiger partial charge in [0.1, 0.15) is 0 Å². The maximum atomic E-state index is 12.5. The van der Waals surface area contributed by atoms with Gasteiger partial charge in [0, 0.05) is 10.9 Å². The zero-order valence-corrected chi connectivity index (χ0v) is 11.4. The molecule has 1 aliphatic rings. The number of benzene rings is 1. The van der Waals surface area contributed by atoms with Gasteiger partial charge < -0.3 is 5.73 Å². The van der Waals surface area contributed by atoms with Gasteiger partial charge in [-0.3, -0.25) is 0 Å². The molecule has 0 radical (unpaired) electrons. The third-order valence-corrected chi connectivity index (χ3v) is 4.48. The topological polar surface area (TPSA) is 26.0 Å². The summed E-state index contributed by atoms with van der Waals surface area (Å²) in [4.78, 5) is 0.244. The standard InChI is InChI=1S/C14H18F3NS/c15-14(16,17)19-12-9-5-4-8-11(12)13(18)10-6-2-1-3-7-10/h4-5,8-10,13H,1-3,6-7,18H2/t13-/m1/s1. The lowest BCUT2D eigenvalue weighted by molar-refractivity contribution is -0.0328. The largest absolute Gasteiger partial charge is 0.446 e. The van der Waals surface area contributed by atoms with Crippen LogP contribution < -0.4 is 5.73 Å². The van der Waals surface area contributed by atoms with Crippen molar-refractivity contribution in [3.8, 4) is 0 Å². The molecular formula is C14H18F3NS. The molecular weight excluding hydrogens is 271 g/mol. The average Bonchev–Trinajstić information content (AvgIpc) is 2.38. The molecule has 0 heterocycles. The van der Waals surface area contributed by atoms with E-state index in [0.717, 1.165) is 25.7 Å². The molecule has 1 fully saturated rings. The minimum absolute atomic E-state index is 0.0603. The molecule has 2 rings (SSSR count). The van der Waals surface area contributed by atoms with Gasteiger partial charge in [-0.15, -0.1) is 0 Å². The second kappa shape index (κ2) is 6.18. The highest BCUT2D eigenvalue weighted by Crippen LogP contribution is 2.42. The Kier molecular flexibility index (Phi) is 4.79. The molecule has 0 bridgehead atoms. The van der Waals surface area contributed by atoms with E-state index in [0.29, 0.717) is 11.5 Å². The van der Waals surface area contributed by atoms with Crippen LogP contribution in [0.5, 0.6) is 0 Å². The Balaban J connectivity index is 2.18. The monoisotopic (exact) mass is 289 g/mol. The smallest absolute Gasteiger partial charge is 0.324 e. The summed E-state index contributed by atoms with van der Waals surface area (Å²) in [6.45, 7) is 0. The predicted molar refractivity (Wildman–Crippen MR) is 71.9 cm³/mol. The van der Waals surface area contributed by atoms with E-state index in [1.165, 1.54) is 12.5 Å². The molecule has 0 spiro atoms. The van der Waals surface area contributed by atoms with Gasteiger partial charge in [-0.2, -0.15) is 13.2 Å². The van der Waals surface area contributed by atoms with Crippen molar-refractivity contribution in [2.75, 3.05) is 0 Å². The molecule has 5 heteroatoms. The quantitative estimate of drug-likeness (QED) is 0.803. The summed E-state index contributed by atoms with van der Waals surface area (Å²) in [5.74, 6) is 0.309. The lowest BCUT2D eigenvalue weighted by Gasteiger charge is -2.29. The zero-order chi connectivity index (χ0) is 13.9. The first-order valence-corrected chi connectivity index (χ1v) is 7.39. The summed E-state index contributed by atoms with van der Waals surface area (Å²) in [5, 5.41) is 0. The molecule has 1 aromatic rings. The highest BCUT2D eigenvalue weighted by Gasteiger charge is 2.32. The Bertz CT molecular complexity index is 413. The Morgan fingerprint density at radius 2 is 1.74 bits per heavy atom. The Labute approximate surface area is 115 Å². The van der Waals surface area contributed by atoms with Crippen LogP contribution in [0.25, 0.3) is 0 Å². The Morgan fingerprint density at radius 3 is 2.37 bits per heavy atom. The molecule has 2 N–H and O–H groups in total. The van der Waals surface area contributed by atoms with Gasteiger partial charge in [0.2, 0.25) is 0 Å². The normalized spacial score (nSPS) is 19.4. The zero-order valence-electron chi connectivity index (χ0n) is 10.6. The maximum absolute atomic E-state index is 12.5. The first-order valence-electron chi connectivity index (χ1n) is 6.57. The Morgan fingerprint density at radius 1 is 1.11 bits per heavy atom. The van der Waals surface area contributed by atoms with E-state index in [-0.39, 0.29) is 22.7 Å². The molecule has 106 valence electrons. The second-order valence-corrected chi connectivity index (χ2v) is 6.12. The van der Waals surface area contributed by atoms with Crippen molar-refractivity contribution in [3.05, 3.63) is 29.8 Å². The number of hydrogen-bond acceptors (Lipinski definition) is 2. The first kappa shape index (κ1) is 14.7. The van der Waals surface area contributed by atoms with E-state index in [4.69, 9.17) is 5.73 Å². The van der Waals surface area contributed by atoms with E-state index >= 15 is 0 Å². The van der Waals surface area contributed by atoms with Crippen molar-refractivity contribution in [3.63, 3.8) is 0 Å². The number of hydrogen-bond donors (Lipinski definition) is 1. The van der Waals surface area contributed by atoms with Crippen molar-refractivity contribution >= 4 is 11.8 Å². The van der Waals surface area contributed by atoms with E-state index in [2.05, 4.69) is 0 Å². The van der Waals surface area contributed by atoms with E-state index in [1.807, 2.05) is 0 Å². The summed E-state index contributed by atoms with van der Waals surface area (Å²) < 4.78 is 37.6. The third-order valence-electron chi connectivity index (χ3n) is 3.66. The summed E-state index contributed by atoms with van der Waals surface area (Å²) in [7, 11) is 0. The molecule has 1 saturated carbocycles. The van der Waals surface area contributed by atoms with Crippen molar-refractivity contribution in [2.45, 2.75) is 48.5 Å².